The lowest BCUT2D eigenvalue weighted by atomic mass is 9.85. The number of nitrogens with two attached hydrogens (primary N) is 1. The quantitative estimate of drug-likeness (QED) is 0.845. The first-order valence-electron chi connectivity index (χ1n) is 8.39. The van der Waals surface area contributed by atoms with Crippen molar-refractivity contribution in [3.05, 3.63) is 34.9 Å². The molecule has 2 N–H and O–H groups in total. The number of piperidine rings is 3. The molecule has 22 heavy (non-hydrogen) atoms. The van der Waals surface area contributed by atoms with Gasteiger partial charge in [-0.1, -0.05) is 18.2 Å². The first kappa shape index (κ1) is 14.2. The van der Waals surface area contributed by atoms with Crippen molar-refractivity contribution in [2.45, 2.75) is 44.2 Å². The minimum Gasteiger partial charge on any atom is -0.459 e. The molecule has 3 saturated heterocycles. The predicted molar refractivity (Wildman–Crippen MR) is 84.4 cm³/mol. The number of rotatable bonds is 2. The topological polar surface area (TPSA) is 55.6 Å². The molecule has 1 unspecified atom stereocenters. The van der Waals surface area contributed by atoms with E-state index in [1.165, 1.54) is 11.1 Å². The Balaban J connectivity index is 1.55. The minimum absolute atomic E-state index is 0.0317. The van der Waals surface area contributed by atoms with Gasteiger partial charge in [0.05, 0.1) is 0 Å². The Hall–Kier alpha value is -1.39. The number of hydrogen-bond acceptors (Lipinski definition) is 4. The number of aryl methyl sites for hydroxylation is 1. The Morgan fingerprint density at radius 1 is 1.36 bits per heavy atom. The first-order valence-corrected chi connectivity index (χ1v) is 8.39. The second-order valence-electron chi connectivity index (χ2n) is 7.15. The van der Waals surface area contributed by atoms with E-state index in [2.05, 4.69) is 17.9 Å². The number of nitrogens with zero attached hydrogens (tertiary/aromatic N) is 1. The van der Waals surface area contributed by atoms with E-state index >= 15 is 0 Å². The van der Waals surface area contributed by atoms with Crippen molar-refractivity contribution in [1.82, 2.24) is 4.90 Å². The highest BCUT2D eigenvalue weighted by Gasteiger charge is 2.46. The zero-order chi connectivity index (χ0) is 15.3. The van der Waals surface area contributed by atoms with E-state index in [4.69, 9.17) is 10.5 Å². The van der Waals surface area contributed by atoms with Gasteiger partial charge in [0.1, 0.15) is 11.6 Å². The monoisotopic (exact) mass is 300 g/mol. The van der Waals surface area contributed by atoms with Gasteiger partial charge >= 0.3 is 5.97 Å². The third-order valence-electron chi connectivity index (χ3n) is 5.88. The molecule has 0 aromatic heterocycles. The molecule has 1 aromatic rings. The van der Waals surface area contributed by atoms with Gasteiger partial charge in [0.25, 0.3) is 0 Å². The fourth-order valence-electron chi connectivity index (χ4n) is 4.41. The highest BCUT2D eigenvalue weighted by Crippen LogP contribution is 2.39. The van der Waals surface area contributed by atoms with Crippen LogP contribution in [0.5, 0.6) is 0 Å². The molecule has 1 aliphatic carbocycles. The second kappa shape index (κ2) is 5.07. The zero-order valence-corrected chi connectivity index (χ0v) is 13.2. The summed E-state index contributed by atoms with van der Waals surface area (Å²) >= 11 is 0. The third kappa shape index (κ3) is 2.09. The van der Waals surface area contributed by atoms with Gasteiger partial charge in [0.15, 0.2) is 0 Å². The molecule has 2 bridgehead atoms. The van der Waals surface area contributed by atoms with Gasteiger partial charge in [-0.05, 0) is 68.3 Å². The molecule has 4 aliphatic rings. The standard InChI is InChI=1S/C18H24N2O2/c1-12-3-2-4-15-14(12)5-8-18(15,19)17(21)22-16-11-20-9-6-13(16)7-10-20/h2-4,13,16H,5-11,19H2,1H3/t16?,18-/m1/s1. The molecule has 3 heterocycles. The van der Waals surface area contributed by atoms with E-state index in [0.29, 0.717) is 12.3 Å². The lowest BCUT2D eigenvalue weighted by molar-refractivity contribution is -0.165. The van der Waals surface area contributed by atoms with Gasteiger partial charge < -0.3 is 10.5 Å². The maximum absolute atomic E-state index is 12.8. The molecule has 2 atom stereocenters. The summed E-state index contributed by atoms with van der Waals surface area (Å²) < 4.78 is 5.90. The largest absolute Gasteiger partial charge is 0.459 e. The van der Waals surface area contributed by atoms with Crippen LogP contribution < -0.4 is 5.73 Å². The molecule has 0 amide bonds. The number of fused-ring (bicyclic) bond motifs is 4. The molecule has 4 nitrogen and oxygen atoms in total. The molecule has 0 saturated carbocycles. The molecule has 4 heteroatoms. The lowest BCUT2D eigenvalue weighted by Crippen LogP contribution is -2.54. The van der Waals surface area contributed by atoms with Gasteiger partial charge in [0.2, 0.25) is 0 Å². The van der Waals surface area contributed by atoms with Crippen LogP contribution in [0.15, 0.2) is 18.2 Å². The number of ether oxygens (including phenoxy) is 1. The highest BCUT2D eigenvalue weighted by molar-refractivity contribution is 5.84. The van der Waals surface area contributed by atoms with Crippen LogP contribution in [-0.4, -0.2) is 36.6 Å². The van der Waals surface area contributed by atoms with E-state index in [9.17, 15) is 4.79 Å². The Labute approximate surface area is 131 Å². The molecular formula is C18H24N2O2. The maximum atomic E-state index is 12.8. The van der Waals surface area contributed by atoms with Crippen LogP contribution in [0.4, 0.5) is 0 Å². The summed E-state index contributed by atoms with van der Waals surface area (Å²) in [5.41, 5.74) is 8.99. The van der Waals surface area contributed by atoms with Crippen LogP contribution in [0.25, 0.3) is 0 Å². The molecular weight excluding hydrogens is 276 g/mol. The average Bonchev–Trinajstić information content (AvgIpc) is 2.89. The number of benzene rings is 1. The van der Waals surface area contributed by atoms with Gasteiger partial charge in [-0.2, -0.15) is 0 Å². The van der Waals surface area contributed by atoms with Crippen LogP contribution in [-0.2, 0) is 21.5 Å². The van der Waals surface area contributed by atoms with Crippen molar-refractivity contribution in [2.24, 2.45) is 11.7 Å². The van der Waals surface area contributed by atoms with Gasteiger partial charge in [-0.15, -0.1) is 0 Å². The summed E-state index contributed by atoms with van der Waals surface area (Å²) in [5.74, 6) is 0.298. The summed E-state index contributed by atoms with van der Waals surface area (Å²) in [6.07, 6.45) is 3.85. The SMILES string of the molecule is Cc1cccc2c1CC[C@]2(N)C(=O)OC1CN2CCC1CC2. The third-order valence-corrected chi connectivity index (χ3v) is 5.88. The van der Waals surface area contributed by atoms with Crippen molar-refractivity contribution < 1.29 is 9.53 Å². The maximum Gasteiger partial charge on any atom is 0.331 e. The summed E-state index contributed by atoms with van der Waals surface area (Å²) in [6.45, 7) is 5.26. The van der Waals surface area contributed by atoms with Crippen molar-refractivity contribution in [1.29, 1.82) is 0 Å². The average molecular weight is 300 g/mol. The van der Waals surface area contributed by atoms with Crippen LogP contribution >= 0.6 is 0 Å². The summed E-state index contributed by atoms with van der Waals surface area (Å²) in [7, 11) is 0. The normalized spacial score (nSPS) is 36.2. The van der Waals surface area contributed by atoms with Gasteiger partial charge in [-0.3, -0.25) is 4.90 Å². The fraction of sp³-hybridized carbons (Fsp3) is 0.611. The molecule has 3 aliphatic heterocycles. The Morgan fingerprint density at radius 2 is 2.14 bits per heavy atom. The number of carbonyl (C=O) groups excluding carboxylic acids is 1. The summed E-state index contributed by atoms with van der Waals surface area (Å²) in [5, 5.41) is 0. The van der Waals surface area contributed by atoms with Gasteiger partial charge in [-0.25, -0.2) is 4.79 Å². The predicted octanol–water partition coefficient (Wildman–Crippen LogP) is 1.73. The van der Waals surface area contributed by atoms with E-state index in [-0.39, 0.29) is 12.1 Å². The highest BCUT2D eigenvalue weighted by atomic mass is 16.5. The molecule has 3 fully saturated rings. The van der Waals surface area contributed by atoms with Gasteiger partial charge in [0, 0.05) is 6.54 Å². The molecule has 0 radical (unpaired) electrons. The Bertz CT molecular complexity index is 607. The molecule has 5 rings (SSSR count). The van der Waals surface area contributed by atoms with E-state index in [1.54, 1.807) is 0 Å². The number of esters is 1. The van der Waals surface area contributed by atoms with Crippen LogP contribution in [0, 0.1) is 12.8 Å². The smallest absolute Gasteiger partial charge is 0.331 e. The Morgan fingerprint density at radius 3 is 2.82 bits per heavy atom. The summed E-state index contributed by atoms with van der Waals surface area (Å²) in [4.78, 5) is 15.2. The fourth-order valence-corrected chi connectivity index (χ4v) is 4.41. The van der Waals surface area contributed by atoms with Crippen LogP contribution in [0.1, 0.15) is 36.0 Å². The number of hydrogen-bond donors (Lipinski definition) is 1. The van der Waals surface area contributed by atoms with Crippen molar-refractivity contribution in [2.75, 3.05) is 19.6 Å². The van der Waals surface area contributed by atoms with E-state index in [1.807, 2.05) is 12.1 Å². The van der Waals surface area contributed by atoms with Crippen molar-refractivity contribution >= 4 is 5.97 Å². The van der Waals surface area contributed by atoms with E-state index in [0.717, 1.165) is 44.5 Å². The number of carbonyl (C=O) groups is 1. The molecule has 1 aromatic carbocycles. The first-order chi connectivity index (χ1) is 10.6. The lowest BCUT2D eigenvalue weighted by Gasteiger charge is -2.44. The second-order valence-corrected chi connectivity index (χ2v) is 7.15. The Kier molecular flexibility index (Phi) is 3.27. The van der Waals surface area contributed by atoms with Crippen LogP contribution in [0.3, 0.4) is 0 Å². The van der Waals surface area contributed by atoms with Crippen LogP contribution in [0.2, 0.25) is 0 Å². The van der Waals surface area contributed by atoms with Crippen molar-refractivity contribution in [3.8, 4) is 0 Å². The zero-order valence-electron chi connectivity index (χ0n) is 13.2. The molecule has 118 valence electrons. The van der Waals surface area contributed by atoms with E-state index < -0.39 is 5.54 Å². The van der Waals surface area contributed by atoms with Crippen molar-refractivity contribution in [3.63, 3.8) is 0 Å². The summed E-state index contributed by atoms with van der Waals surface area (Å²) in [6, 6.07) is 6.07. The molecule has 0 spiro atoms. The minimum atomic E-state index is -0.951.